The van der Waals surface area contributed by atoms with Crippen molar-refractivity contribution in [2.24, 2.45) is 5.92 Å². The Hall–Kier alpha value is -3.10. The summed E-state index contributed by atoms with van der Waals surface area (Å²) in [7, 11) is -4.12. The molecule has 4 N–H and O–H groups in total. The second kappa shape index (κ2) is 8.50. The zero-order valence-corrected chi connectivity index (χ0v) is 15.7. The first-order valence-electron chi connectivity index (χ1n) is 8.46. The van der Waals surface area contributed by atoms with Crippen molar-refractivity contribution in [2.75, 3.05) is 6.54 Å². The molecule has 0 saturated carbocycles. The number of carbonyl (C=O) groups is 2. The van der Waals surface area contributed by atoms with E-state index in [4.69, 9.17) is 9.94 Å². The summed E-state index contributed by atoms with van der Waals surface area (Å²) in [4.78, 5) is 23.1. The molecule has 1 amide bonds. The lowest BCUT2D eigenvalue weighted by molar-refractivity contribution is -0.145. The second-order valence-corrected chi connectivity index (χ2v) is 8.15. The number of benzene rings is 1. The van der Waals surface area contributed by atoms with Gasteiger partial charge in [0.05, 0.1) is 10.8 Å². The summed E-state index contributed by atoms with van der Waals surface area (Å²) in [5.74, 6) is -2.31. The van der Waals surface area contributed by atoms with Crippen molar-refractivity contribution in [3.63, 3.8) is 0 Å². The Bertz CT molecular complexity index is 964. The minimum absolute atomic E-state index is 0.0318. The van der Waals surface area contributed by atoms with Crippen LogP contribution in [0, 0.1) is 5.92 Å². The summed E-state index contributed by atoms with van der Waals surface area (Å²) in [6.07, 6.45) is -0.192. The molecule has 156 valence electrons. The number of piperidine rings is 1. The van der Waals surface area contributed by atoms with Crippen molar-refractivity contribution >= 4 is 21.9 Å². The van der Waals surface area contributed by atoms with Gasteiger partial charge < -0.3 is 9.84 Å². The van der Waals surface area contributed by atoms with Crippen LogP contribution in [0.4, 0.5) is 0 Å². The van der Waals surface area contributed by atoms with Crippen molar-refractivity contribution in [3.8, 4) is 5.75 Å². The molecule has 1 aliphatic rings. The van der Waals surface area contributed by atoms with Gasteiger partial charge in [-0.2, -0.15) is 9.52 Å². The topological polar surface area (TPSA) is 188 Å². The van der Waals surface area contributed by atoms with Crippen LogP contribution in [-0.2, 0) is 26.2 Å². The van der Waals surface area contributed by atoms with E-state index in [0.717, 1.165) is 4.31 Å². The number of carboxylic acid groups (broad SMARTS) is 1. The average Bonchev–Trinajstić information content (AvgIpc) is 3.25. The highest BCUT2D eigenvalue weighted by molar-refractivity contribution is 7.89. The number of aromatic nitrogens is 4. The van der Waals surface area contributed by atoms with Gasteiger partial charge >= 0.3 is 5.97 Å². The molecular weight excluding hydrogens is 408 g/mol. The normalized spacial score (nSPS) is 20.2. The zero-order valence-electron chi connectivity index (χ0n) is 14.9. The molecule has 1 aromatic heterocycles. The van der Waals surface area contributed by atoms with Crippen molar-refractivity contribution < 1.29 is 33.1 Å². The summed E-state index contributed by atoms with van der Waals surface area (Å²) < 4.78 is 32.3. The van der Waals surface area contributed by atoms with Gasteiger partial charge in [0.2, 0.25) is 15.8 Å². The largest absolute Gasteiger partial charge is 0.485 e. The number of tetrazole rings is 1. The number of aliphatic carboxylic acids is 1. The third kappa shape index (κ3) is 4.49. The standard InChI is InChI=1S/C15H18N6O7S/c22-14(18-25)12-7-9(15(23)24)5-6-21(12)29(26,27)11-3-1-10(2-4-11)28-8-13-16-19-20-17-13/h1-4,9,12,25H,5-8H2,(H,18,22)(H,23,24)(H,16,17,19,20)/t9-,12-/m1/s1. The van der Waals surface area contributed by atoms with Gasteiger partial charge in [0.25, 0.3) is 5.91 Å². The highest BCUT2D eigenvalue weighted by atomic mass is 32.2. The van der Waals surface area contributed by atoms with E-state index in [9.17, 15) is 23.1 Å². The third-order valence-corrected chi connectivity index (χ3v) is 6.43. The van der Waals surface area contributed by atoms with Gasteiger partial charge in [0.1, 0.15) is 11.8 Å². The fourth-order valence-corrected chi connectivity index (χ4v) is 4.62. The Balaban J connectivity index is 1.77. The van der Waals surface area contributed by atoms with Gasteiger partial charge in [-0.3, -0.25) is 14.8 Å². The number of ether oxygens (including phenoxy) is 1. The Labute approximate surface area is 164 Å². The lowest BCUT2D eigenvalue weighted by atomic mass is 9.92. The molecule has 3 rings (SSSR count). The Morgan fingerprint density at radius 3 is 2.62 bits per heavy atom. The molecule has 1 aliphatic heterocycles. The van der Waals surface area contributed by atoms with E-state index in [2.05, 4.69) is 20.6 Å². The number of nitrogens with one attached hydrogen (secondary N) is 2. The molecule has 1 fully saturated rings. The molecule has 0 bridgehead atoms. The van der Waals surface area contributed by atoms with Crippen molar-refractivity contribution in [2.45, 2.75) is 30.4 Å². The van der Waals surface area contributed by atoms with Gasteiger partial charge in [-0.25, -0.2) is 13.9 Å². The lowest BCUT2D eigenvalue weighted by Gasteiger charge is -2.35. The average molecular weight is 426 g/mol. The molecule has 0 spiro atoms. The number of hydrogen-bond donors (Lipinski definition) is 4. The molecule has 29 heavy (non-hydrogen) atoms. The first-order chi connectivity index (χ1) is 13.8. The van der Waals surface area contributed by atoms with Gasteiger partial charge in [-0.1, -0.05) is 5.21 Å². The number of H-pyrrole nitrogens is 1. The van der Waals surface area contributed by atoms with Crippen LogP contribution < -0.4 is 10.2 Å². The molecule has 1 saturated heterocycles. The van der Waals surface area contributed by atoms with E-state index in [0.29, 0.717) is 11.6 Å². The Morgan fingerprint density at radius 1 is 1.31 bits per heavy atom. The Morgan fingerprint density at radius 2 is 2.03 bits per heavy atom. The molecule has 1 aromatic carbocycles. The smallest absolute Gasteiger partial charge is 0.306 e. The minimum atomic E-state index is -4.12. The van der Waals surface area contributed by atoms with Crippen LogP contribution >= 0.6 is 0 Å². The number of carboxylic acids is 1. The van der Waals surface area contributed by atoms with Gasteiger partial charge in [0, 0.05) is 6.54 Å². The number of aromatic amines is 1. The van der Waals surface area contributed by atoms with Crippen molar-refractivity contribution in [1.82, 2.24) is 30.4 Å². The van der Waals surface area contributed by atoms with Gasteiger partial charge in [-0.05, 0) is 37.1 Å². The molecule has 0 radical (unpaired) electrons. The van der Waals surface area contributed by atoms with Crippen LogP contribution in [0.2, 0.25) is 0 Å². The number of carbonyl (C=O) groups excluding carboxylic acids is 1. The maximum absolute atomic E-state index is 13.0. The predicted molar refractivity (Wildman–Crippen MR) is 92.9 cm³/mol. The number of nitrogens with zero attached hydrogens (tertiary/aromatic N) is 4. The van der Waals surface area contributed by atoms with Crippen LogP contribution in [-0.4, -0.2) is 68.1 Å². The molecule has 13 nitrogen and oxygen atoms in total. The van der Waals surface area contributed by atoms with E-state index in [1.807, 2.05) is 0 Å². The highest BCUT2D eigenvalue weighted by Gasteiger charge is 2.42. The molecular formula is C15H18N6O7S. The summed E-state index contributed by atoms with van der Waals surface area (Å²) in [5.41, 5.74) is 1.41. The highest BCUT2D eigenvalue weighted by Crippen LogP contribution is 2.30. The second-order valence-electron chi connectivity index (χ2n) is 6.26. The number of sulfonamides is 1. The predicted octanol–water partition coefficient (Wildman–Crippen LogP) is -0.862. The van der Waals surface area contributed by atoms with E-state index in [1.54, 1.807) is 0 Å². The molecule has 2 heterocycles. The summed E-state index contributed by atoms with van der Waals surface area (Å²) >= 11 is 0. The maximum atomic E-state index is 13.0. The van der Waals surface area contributed by atoms with E-state index in [1.165, 1.54) is 29.7 Å². The quantitative estimate of drug-likeness (QED) is 0.320. The number of rotatable bonds is 7. The van der Waals surface area contributed by atoms with Crippen molar-refractivity contribution in [3.05, 3.63) is 30.1 Å². The van der Waals surface area contributed by atoms with Crippen LogP contribution in [0.1, 0.15) is 18.7 Å². The van der Waals surface area contributed by atoms with E-state index >= 15 is 0 Å². The molecule has 2 atom stereocenters. The Kier molecular flexibility index (Phi) is 6.05. The maximum Gasteiger partial charge on any atom is 0.306 e. The monoisotopic (exact) mass is 426 g/mol. The first-order valence-corrected chi connectivity index (χ1v) is 9.90. The van der Waals surface area contributed by atoms with Crippen LogP contribution in [0.3, 0.4) is 0 Å². The number of hydroxylamine groups is 1. The fourth-order valence-electron chi connectivity index (χ4n) is 3.00. The van der Waals surface area contributed by atoms with Gasteiger partial charge in [0.15, 0.2) is 6.61 Å². The molecule has 0 unspecified atom stereocenters. The first kappa shape index (κ1) is 20.6. The minimum Gasteiger partial charge on any atom is -0.485 e. The van der Waals surface area contributed by atoms with Crippen LogP contribution in [0.15, 0.2) is 29.2 Å². The molecule has 2 aromatic rings. The van der Waals surface area contributed by atoms with Gasteiger partial charge in [-0.15, -0.1) is 10.2 Å². The summed E-state index contributed by atoms with van der Waals surface area (Å²) in [5, 5.41) is 31.2. The molecule has 0 aliphatic carbocycles. The van der Waals surface area contributed by atoms with E-state index < -0.39 is 33.9 Å². The zero-order chi connectivity index (χ0) is 21.0. The summed E-state index contributed by atoms with van der Waals surface area (Å²) in [6, 6.07) is 4.13. The SMILES string of the molecule is O=C(O)[C@@H]1CCN(S(=O)(=O)c2ccc(OCc3nn[nH]n3)cc2)[C@@H](C(=O)NO)C1. The number of hydrogen-bond acceptors (Lipinski definition) is 9. The fraction of sp³-hybridized carbons (Fsp3) is 0.400. The van der Waals surface area contributed by atoms with Crippen molar-refractivity contribution in [1.29, 1.82) is 0 Å². The number of amides is 1. The third-order valence-electron chi connectivity index (χ3n) is 4.50. The molecule has 14 heteroatoms. The van der Waals surface area contributed by atoms with Crippen LogP contribution in [0.25, 0.3) is 0 Å². The lowest BCUT2D eigenvalue weighted by Crippen LogP contribution is -2.53. The van der Waals surface area contributed by atoms with E-state index in [-0.39, 0.29) is 30.9 Å². The van der Waals surface area contributed by atoms with Crippen LogP contribution in [0.5, 0.6) is 5.75 Å². The summed E-state index contributed by atoms with van der Waals surface area (Å²) in [6.45, 7) is -0.141.